The fourth-order valence-electron chi connectivity index (χ4n) is 0.422. The molecule has 0 spiro atoms. The Morgan fingerprint density at radius 3 is 1.70 bits per heavy atom. The van der Waals surface area contributed by atoms with Crippen molar-refractivity contribution in [3.8, 4) is 0 Å². The van der Waals surface area contributed by atoms with Gasteiger partial charge in [-0.3, -0.25) is 0 Å². The molecule has 0 saturated carbocycles. The van der Waals surface area contributed by atoms with E-state index in [1.54, 1.807) is 0 Å². The topological polar surface area (TPSA) is 52.0 Å². The summed E-state index contributed by atoms with van der Waals surface area (Å²) >= 11 is 0. The third-order valence-corrected chi connectivity index (χ3v) is 0.898. The van der Waals surface area contributed by atoms with Crippen LogP contribution in [0.25, 0.3) is 0 Å². The molecule has 0 rings (SSSR count). The summed E-state index contributed by atoms with van der Waals surface area (Å²) in [6.45, 7) is 1.84. The van der Waals surface area contributed by atoms with Crippen LogP contribution in [0.2, 0.25) is 0 Å². The third kappa shape index (κ3) is 15.8. The molecule has 66 valence electrons. The van der Waals surface area contributed by atoms with E-state index in [4.69, 9.17) is 11.5 Å². The summed E-state index contributed by atoms with van der Waals surface area (Å²) in [7, 11) is 0. The van der Waals surface area contributed by atoms with Crippen LogP contribution in [0.5, 0.6) is 0 Å². The van der Waals surface area contributed by atoms with E-state index in [-0.39, 0.29) is 30.9 Å². The van der Waals surface area contributed by atoms with Crippen molar-refractivity contribution in [1.82, 2.24) is 0 Å². The number of hydrogen-bond acceptors (Lipinski definition) is 2. The molecule has 0 aliphatic heterocycles. The summed E-state index contributed by atoms with van der Waals surface area (Å²) in [5, 5.41) is 0. The molecule has 2 unspecified atom stereocenters. The maximum atomic E-state index is 11.8. The smallest absolute Gasteiger partial charge is 0.148 e. The predicted octanol–water partition coefficient (Wildman–Crippen LogP) is 1.21. The molecular formula is C5H15Cl2FN2. The highest BCUT2D eigenvalue weighted by atomic mass is 35.5. The van der Waals surface area contributed by atoms with Crippen molar-refractivity contribution < 1.29 is 4.39 Å². The fraction of sp³-hybridized carbons (Fsp3) is 1.00. The van der Waals surface area contributed by atoms with Gasteiger partial charge in [0.25, 0.3) is 0 Å². The summed E-state index contributed by atoms with van der Waals surface area (Å²) in [4.78, 5) is 0. The van der Waals surface area contributed by atoms with Gasteiger partial charge in [-0.25, -0.2) is 4.39 Å². The molecule has 0 aromatic carbocycles. The summed E-state index contributed by atoms with van der Waals surface area (Å²) in [5.74, 6) is 0. The average Bonchev–Trinajstić information content (AvgIpc) is 1.61. The molecule has 0 aromatic heterocycles. The Morgan fingerprint density at radius 1 is 1.20 bits per heavy atom. The van der Waals surface area contributed by atoms with Crippen molar-refractivity contribution >= 4 is 24.8 Å². The van der Waals surface area contributed by atoms with Crippen LogP contribution in [0.3, 0.4) is 0 Å². The maximum Gasteiger partial charge on any atom is 0.148 e. The first kappa shape index (κ1) is 16.8. The molecule has 0 heterocycles. The molecule has 10 heavy (non-hydrogen) atoms. The first-order valence-electron chi connectivity index (χ1n) is 2.78. The Hall–Kier alpha value is 0.430. The van der Waals surface area contributed by atoms with Crippen LogP contribution < -0.4 is 11.5 Å². The van der Waals surface area contributed by atoms with E-state index in [1.165, 1.54) is 0 Å². The zero-order valence-corrected chi connectivity index (χ0v) is 7.55. The molecule has 5 heteroatoms. The highest BCUT2D eigenvalue weighted by molar-refractivity contribution is 5.85. The summed E-state index contributed by atoms with van der Waals surface area (Å²) in [6.07, 6.45) is -0.156. The number of nitrogens with two attached hydrogens (primary N) is 2. The second-order valence-corrected chi connectivity index (χ2v) is 2.07. The van der Waals surface area contributed by atoms with Gasteiger partial charge in [-0.15, -0.1) is 24.8 Å². The molecule has 4 N–H and O–H groups in total. The van der Waals surface area contributed by atoms with Gasteiger partial charge in [0, 0.05) is 6.04 Å². The van der Waals surface area contributed by atoms with Gasteiger partial charge in [0.15, 0.2) is 0 Å². The highest BCUT2D eigenvalue weighted by Crippen LogP contribution is 1.96. The molecule has 0 aliphatic rings. The molecule has 0 aliphatic carbocycles. The van der Waals surface area contributed by atoms with Crippen LogP contribution in [-0.4, -0.2) is 12.3 Å². The van der Waals surface area contributed by atoms with E-state index >= 15 is 0 Å². The lowest BCUT2D eigenvalue weighted by atomic mass is 10.2. The fourth-order valence-corrected chi connectivity index (χ4v) is 0.422. The van der Waals surface area contributed by atoms with Gasteiger partial charge in [-0.1, -0.05) is 0 Å². The average molecular weight is 193 g/mol. The molecule has 0 aromatic rings. The van der Waals surface area contributed by atoms with Crippen LogP contribution >= 0.6 is 24.8 Å². The summed E-state index contributed by atoms with van der Waals surface area (Å²) < 4.78 is 11.8. The Labute approximate surface area is 73.4 Å². The summed E-state index contributed by atoms with van der Waals surface area (Å²) in [6, 6.07) is 0.0665. The monoisotopic (exact) mass is 192 g/mol. The SMILES string of the molecule is CC(N)CCC(N)F.Cl.Cl. The number of halogens is 3. The van der Waals surface area contributed by atoms with Gasteiger partial charge in [-0.2, -0.15) is 0 Å². The van der Waals surface area contributed by atoms with Crippen LogP contribution in [0.4, 0.5) is 4.39 Å². The van der Waals surface area contributed by atoms with Crippen LogP contribution in [0.15, 0.2) is 0 Å². The normalized spacial score (nSPS) is 14.4. The minimum atomic E-state index is -1.19. The van der Waals surface area contributed by atoms with Crippen molar-refractivity contribution in [2.45, 2.75) is 32.1 Å². The Morgan fingerprint density at radius 2 is 1.60 bits per heavy atom. The molecular weight excluding hydrogens is 178 g/mol. The largest absolute Gasteiger partial charge is 0.328 e. The molecule has 0 radical (unpaired) electrons. The van der Waals surface area contributed by atoms with Crippen LogP contribution in [0.1, 0.15) is 19.8 Å². The van der Waals surface area contributed by atoms with Gasteiger partial charge in [0.05, 0.1) is 0 Å². The quantitative estimate of drug-likeness (QED) is 0.662. The third-order valence-electron chi connectivity index (χ3n) is 0.898. The van der Waals surface area contributed by atoms with Gasteiger partial charge >= 0.3 is 0 Å². The maximum absolute atomic E-state index is 11.8. The zero-order valence-electron chi connectivity index (χ0n) is 5.92. The lowest BCUT2D eigenvalue weighted by molar-refractivity contribution is 0.311. The molecule has 0 saturated heterocycles. The van der Waals surface area contributed by atoms with E-state index in [9.17, 15) is 4.39 Å². The molecule has 0 amide bonds. The van der Waals surface area contributed by atoms with Crippen molar-refractivity contribution in [2.75, 3.05) is 0 Å². The van der Waals surface area contributed by atoms with Crippen molar-refractivity contribution in [3.63, 3.8) is 0 Å². The van der Waals surface area contributed by atoms with Crippen molar-refractivity contribution in [2.24, 2.45) is 11.5 Å². The molecule has 2 atom stereocenters. The Balaban J connectivity index is -0.000000245. The molecule has 0 bridgehead atoms. The van der Waals surface area contributed by atoms with Crippen LogP contribution in [-0.2, 0) is 0 Å². The predicted molar refractivity (Wildman–Crippen MR) is 46.5 cm³/mol. The van der Waals surface area contributed by atoms with Gasteiger partial charge in [0.2, 0.25) is 0 Å². The first-order chi connectivity index (χ1) is 3.63. The number of alkyl halides is 1. The minimum Gasteiger partial charge on any atom is -0.328 e. The van der Waals surface area contributed by atoms with E-state index in [2.05, 4.69) is 0 Å². The highest BCUT2D eigenvalue weighted by Gasteiger charge is 1.99. The van der Waals surface area contributed by atoms with E-state index < -0.39 is 6.30 Å². The standard InChI is InChI=1S/C5H13FN2.2ClH/c1-4(7)2-3-5(6)8;;/h4-5H,2-3,7-8H2,1H3;2*1H. The second kappa shape index (κ2) is 9.43. The van der Waals surface area contributed by atoms with Gasteiger partial charge in [0.1, 0.15) is 6.30 Å². The zero-order chi connectivity index (χ0) is 6.57. The van der Waals surface area contributed by atoms with Gasteiger partial charge in [-0.05, 0) is 19.8 Å². The minimum absolute atomic E-state index is 0. The van der Waals surface area contributed by atoms with E-state index in [0.29, 0.717) is 12.8 Å². The Bertz CT molecular complexity index is 53.6. The Kier molecular flexibility index (Phi) is 15.8. The lowest BCUT2D eigenvalue weighted by Crippen LogP contribution is -2.20. The second-order valence-electron chi connectivity index (χ2n) is 2.07. The van der Waals surface area contributed by atoms with E-state index in [1.807, 2.05) is 6.92 Å². The number of hydrogen-bond donors (Lipinski definition) is 2. The van der Waals surface area contributed by atoms with E-state index in [0.717, 1.165) is 0 Å². The van der Waals surface area contributed by atoms with Crippen molar-refractivity contribution in [1.29, 1.82) is 0 Å². The molecule has 0 fully saturated rings. The summed E-state index contributed by atoms with van der Waals surface area (Å²) in [5.41, 5.74) is 10.1. The van der Waals surface area contributed by atoms with Gasteiger partial charge < -0.3 is 11.5 Å². The van der Waals surface area contributed by atoms with Crippen LogP contribution in [0, 0.1) is 0 Å². The van der Waals surface area contributed by atoms with Crippen molar-refractivity contribution in [3.05, 3.63) is 0 Å². The molecule has 2 nitrogen and oxygen atoms in total. The first-order valence-corrected chi connectivity index (χ1v) is 2.78. The number of rotatable bonds is 3. The lowest BCUT2D eigenvalue weighted by Gasteiger charge is -2.03.